The normalized spacial score (nSPS) is 13.4. The fourth-order valence-electron chi connectivity index (χ4n) is 2.16. The van der Waals surface area contributed by atoms with Gasteiger partial charge in [-0.3, -0.25) is 4.79 Å². The van der Waals surface area contributed by atoms with Crippen LogP contribution in [0.4, 0.5) is 0 Å². The minimum absolute atomic E-state index is 0.0462. The van der Waals surface area contributed by atoms with Crippen molar-refractivity contribution in [3.05, 3.63) is 71.8 Å². The fourth-order valence-corrected chi connectivity index (χ4v) is 2.16. The predicted octanol–water partition coefficient (Wildman–Crippen LogP) is 2.64. The highest BCUT2D eigenvalue weighted by molar-refractivity contribution is 5.76. The minimum Gasteiger partial charge on any atom is -0.384 e. The molecule has 2 aromatic carbocycles. The van der Waals surface area contributed by atoms with Gasteiger partial charge in [-0.15, -0.1) is 0 Å². The fraction of sp³-hybridized carbons (Fsp3) is 0.278. The minimum atomic E-state index is -1.05. The van der Waals surface area contributed by atoms with E-state index >= 15 is 0 Å². The number of benzene rings is 2. The summed E-state index contributed by atoms with van der Waals surface area (Å²) >= 11 is 0. The highest BCUT2D eigenvalue weighted by Crippen LogP contribution is 2.18. The van der Waals surface area contributed by atoms with Gasteiger partial charge in [0.25, 0.3) is 0 Å². The molecule has 1 amide bonds. The van der Waals surface area contributed by atoms with Crippen molar-refractivity contribution in [2.45, 2.75) is 25.4 Å². The van der Waals surface area contributed by atoms with Crippen LogP contribution in [0.3, 0.4) is 0 Å². The average molecular weight is 283 g/mol. The number of aryl methyl sites for hydroxylation is 1. The number of aliphatic hydroxyl groups is 1. The van der Waals surface area contributed by atoms with Crippen molar-refractivity contribution in [2.75, 3.05) is 6.54 Å². The Morgan fingerprint density at radius 2 is 1.62 bits per heavy atom. The molecule has 0 aliphatic heterocycles. The number of hydrogen-bond donors (Lipinski definition) is 2. The zero-order valence-corrected chi connectivity index (χ0v) is 12.3. The van der Waals surface area contributed by atoms with E-state index in [1.165, 1.54) is 0 Å². The third kappa shape index (κ3) is 4.72. The van der Waals surface area contributed by atoms with Gasteiger partial charge in [-0.25, -0.2) is 0 Å². The van der Waals surface area contributed by atoms with Gasteiger partial charge in [-0.1, -0.05) is 60.7 Å². The zero-order chi connectivity index (χ0) is 15.1. The van der Waals surface area contributed by atoms with Gasteiger partial charge in [-0.2, -0.15) is 0 Å². The summed E-state index contributed by atoms with van der Waals surface area (Å²) in [6, 6.07) is 19.3. The van der Waals surface area contributed by atoms with Crippen LogP contribution in [0.2, 0.25) is 0 Å². The van der Waals surface area contributed by atoms with Crippen LogP contribution >= 0.6 is 0 Å². The summed E-state index contributed by atoms with van der Waals surface area (Å²) in [5.74, 6) is -0.0462. The second-order valence-electron chi connectivity index (χ2n) is 5.40. The first-order valence-corrected chi connectivity index (χ1v) is 7.16. The molecule has 0 bridgehead atoms. The Hall–Kier alpha value is -2.13. The lowest BCUT2D eigenvalue weighted by Gasteiger charge is -2.24. The number of amides is 1. The number of carbonyl (C=O) groups excluding carboxylic acids is 1. The van der Waals surface area contributed by atoms with Gasteiger partial charge in [0.2, 0.25) is 5.91 Å². The smallest absolute Gasteiger partial charge is 0.220 e. The number of hydrogen-bond acceptors (Lipinski definition) is 2. The monoisotopic (exact) mass is 283 g/mol. The lowest BCUT2D eigenvalue weighted by atomic mass is 9.96. The Balaban J connectivity index is 1.81. The molecule has 110 valence electrons. The van der Waals surface area contributed by atoms with Gasteiger partial charge in [0.05, 0.1) is 6.54 Å². The Morgan fingerprint density at radius 1 is 1.05 bits per heavy atom. The standard InChI is InChI=1S/C18H21NO2/c1-18(21,16-10-6-3-7-11-16)14-19-17(20)13-12-15-8-4-2-5-9-15/h2-11,21H,12-14H2,1H3,(H,19,20)/t18-/m0/s1. The first-order chi connectivity index (χ1) is 10.1. The first-order valence-electron chi connectivity index (χ1n) is 7.16. The quantitative estimate of drug-likeness (QED) is 0.856. The lowest BCUT2D eigenvalue weighted by Crippen LogP contribution is -2.38. The van der Waals surface area contributed by atoms with E-state index in [2.05, 4.69) is 5.32 Å². The molecule has 0 heterocycles. The zero-order valence-electron chi connectivity index (χ0n) is 12.3. The van der Waals surface area contributed by atoms with Crippen LogP contribution in [0.1, 0.15) is 24.5 Å². The molecule has 3 heteroatoms. The number of rotatable bonds is 6. The summed E-state index contributed by atoms with van der Waals surface area (Å²) in [5, 5.41) is 13.2. The molecule has 0 aromatic heterocycles. The summed E-state index contributed by atoms with van der Waals surface area (Å²) in [6.07, 6.45) is 1.13. The molecule has 0 radical (unpaired) electrons. The van der Waals surface area contributed by atoms with Crippen molar-refractivity contribution in [1.82, 2.24) is 5.32 Å². The summed E-state index contributed by atoms with van der Waals surface area (Å²) in [7, 11) is 0. The Labute approximate surface area is 125 Å². The van der Waals surface area contributed by atoms with Crippen LogP contribution in [0, 0.1) is 0 Å². The molecular weight excluding hydrogens is 262 g/mol. The molecule has 0 saturated heterocycles. The maximum atomic E-state index is 11.9. The number of nitrogens with one attached hydrogen (secondary N) is 1. The van der Waals surface area contributed by atoms with Crippen LogP contribution in [-0.2, 0) is 16.8 Å². The topological polar surface area (TPSA) is 49.3 Å². The van der Waals surface area contributed by atoms with Crippen LogP contribution < -0.4 is 5.32 Å². The van der Waals surface area contributed by atoms with Crippen LogP contribution in [0.15, 0.2) is 60.7 Å². The Morgan fingerprint density at radius 3 is 2.24 bits per heavy atom. The summed E-state index contributed by atoms with van der Waals surface area (Å²) in [6.45, 7) is 1.92. The third-order valence-electron chi connectivity index (χ3n) is 3.51. The largest absolute Gasteiger partial charge is 0.384 e. The van der Waals surface area contributed by atoms with E-state index in [1.54, 1.807) is 6.92 Å². The number of carbonyl (C=O) groups is 1. The van der Waals surface area contributed by atoms with E-state index in [1.807, 2.05) is 60.7 Å². The Bertz CT molecular complexity index is 564. The molecule has 0 aliphatic carbocycles. The second-order valence-corrected chi connectivity index (χ2v) is 5.40. The molecule has 21 heavy (non-hydrogen) atoms. The van der Waals surface area contributed by atoms with E-state index < -0.39 is 5.60 Å². The van der Waals surface area contributed by atoms with Gasteiger partial charge in [-0.05, 0) is 24.5 Å². The van der Waals surface area contributed by atoms with Gasteiger partial charge in [0, 0.05) is 6.42 Å². The van der Waals surface area contributed by atoms with Crippen molar-refractivity contribution in [1.29, 1.82) is 0 Å². The summed E-state index contributed by atoms with van der Waals surface area (Å²) in [4.78, 5) is 11.9. The van der Waals surface area contributed by atoms with E-state index in [9.17, 15) is 9.90 Å². The van der Waals surface area contributed by atoms with Crippen molar-refractivity contribution >= 4 is 5.91 Å². The van der Waals surface area contributed by atoms with Gasteiger partial charge >= 0.3 is 0 Å². The molecule has 0 saturated carbocycles. The van der Waals surface area contributed by atoms with E-state index in [0.29, 0.717) is 12.8 Å². The SMILES string of the molecule is C[C@](O)(CNC(=O)CCc1ccccc1)c1ccccc1. The summed E-state index contributed by atoms with van der Waals surface area (Å²) in [5.41, 5.74) is 0.889. The molecule has 0 aliphatic rings. The second kappa shape index (κ2) is 7.04. The molecule has 1 atom stereocenters. The molecule has 0 unspecified atom stereocenters. The van der Waals surface area contributed by atoms with Crippen molar-refractivity contribution < 1.29 is 9.90 Å². The molecule has 0 spiro atoms. The molecule has 2 aromatic rings. The van der Waals surface area contributed by atoms with E-state index in [4.69, 9.17) is 0 Å². The van der Waals surface area contributed by atoms with Gasteiger partial charge in [0.1, 0.15) is 5.60 Å². The first kappa shape index (κ1) is 15.3. The van der Waals surface area contributed by atoms with E-state index in [-0.39, 0.29) is 12.5 Å². The maximum absolute atomic E-state index is 11.9. The average Bonchev–Trinajstić information content (AvgIpc) is 2.53. The van der Waals surface area contributed by atoms with Crippen LogP contribution in [-0.4, -0.2) is 17.6 Å². The van der Waals surface area contributed by atoms with Gasteiger partial charge in [0.15, 0.2) is 0 Å². The molecular formula is C18H21NO2. The van der Waals surface area contributed by atoms with Crippen molar-refractivity contribution in [3.8, 4) is 0 Å². The lowest BCUT2D eigenvalue weighted by molar-refractivity contribution is -0.122. The van der Waals surface area contributed by atoms with Crippen LogP contribution in [0.25, 0.3) is 0 Å². The van der Waals surface area contributed by atoms with Gasteiger partial charge < -0.3 is 10.4 Å². The maximum Gasteiger partial charge on any atom is 0.220 e. The molecule has 2 rings (SSSR count). The predicted molar refractivity (Wildman–Crippen MR) is 83.8 cm³/mol. The highest BCUT2D eigenvalue weighted by atomic mass is 16.3. The van der Waals surface area contributed by atoms with Crippen molar-refractivity contribution in [2.24, 2.45) is 0 Å². The molecule has 3 nitrogen and oxygen atoms in total. The highest BCUT2D eigenvalue weighted by Gasteiger charge is 2.23. The molecule has 2 N–H and O–H groups in total. The third-order valence-corrected chi connectivity index (χ3v) is 3.51. The summed E-state index contributed by atoms with van der Waals surface area (Å²) < 4.78 is 0. The molecule has 0 fully saturated rings. The van der Waals surface area contributed by atoms with Crippen LogP contribution in [0.5, 0.6) is 0 Å². The Kier molecular flexibility index (Phi) is 5.12. The van der Waals surface area contributed by atoms with Crippen molar-refractivity contribution in [3.63, 3.8) is 0 Å². The van der Waals surface area contributed by atoms with E-state index in [0.717, 1.165) is 11.1 Å².